The van der Waals surface area contributed by atoms with Gasteiger partial charge in [0.15, 0.2) is 0 Å². The second kappa shape index (κ2) is 6.38. The molecule has 2 amide bonds. The molecule has 1 N–H and O–H groups in total. The summed E-state index contributed by atoms with van der Waals surface area (Å²) in [5.41, 5.74) is 0.512. The number of likely N-dealkylation sites (N-methyl/N-ethyl adjacent to an activating group) is 1. The number of hydrogen-bond donors (Lipinski definition) is 1. The summed E-state index contributed by atoms with van der Waals surface area (Å²) >= 11 is 7.86. The molecule has 0 saturated carbocycles. The summed E-state index contributed by atoms with van der Waals surface area (Å²) < 4.78 is 0.752. The molecule has 1 rings (SSSR count). The highest BCUT2D eigenvalue weighted by atomic mass is 127. The third kappa shape index (κ3) is 3.84. The van der Waals surface area contributed by atoms with Crippen LogP contribution in [0, 0.1) is 3.57 Å². The van der Waals surface area contributed by atoms with E-state index in [9.17, 15) is 9.59 Å². The van der Waals surface area contributed by atoms with Crippen LogP contribution in [0.2, 0.25) is 5.02 Å². The lowest BCUT2D eigenvalue weighted by molar-refractivity contribution is -0.130. The van der Waals surface area contributed by atoms with Crippen molar-refractivity contribution in [1.29, 1.82) is 0 Å². The normalized spacial score (nSPS) is 11.8. The molecule has 6 heteroatoms. The lowest BCUT2D eigenvalue weighted by Crippen LogP contribution is -2.44. The molecule has 0 aromatic heterocycles. The van der Waals surface area contributed by atoms with E-state index in [4.69, 9.17) is 11.6 Å². The molecule has 0 aliphatic heterocycles. The highest BCUT2D eigenvalue weighted by Gasteiger charge is 2.19. The van der Waals surface area contributed by atoms with Crippen LogP contribution in [-0.2, 0) is 4.79 Å². The van der Waals surface area contributed by atoms with Crippen LogP contribution in [0.5, 0.6) is 0 Å². The summed E-state index contributed by atoms with van der Waals surface area (Å²) in [5, 5.41) is 3.24. The number of rotatable bonds is 3. The lowest BCUT2D eigenvalue weighted by Gasteiger charge is -2.18. The number of nitrogens with zero attached hydrogens (tertiary/aromatic N) is 1. The predicted octanol–water partition coefficient (Wildman–Crippen LogP) is 2.15. The number of hydrogen-bond acceptors (Lipinski definition) is 2. The predicted molar refractivity (Wildman–Crippen MR) is 79.8 cm³/mol. The zero-order valence-electron chi connectivity index (χ0n) is 10.3. The first-order valence-corrected chi connectivity index (χ1v) is 6.75. The van der Waals surface area contributed by atoms with Crippen molar-refractivity contribution in [2.45, 2.75) is 13.0 Å². The van der Waals surface area contributed by atoms with E-state index in [2.05, 4.69) is 5.32 Å². The molecular weight excluding hydrogens is 367 g/mol. The van der Waals surface area contributed by atoms with Gasteiger partial charge in [0, 0.05) is 22.7 Å². The van der Waals surface area contributed by atoms with Crippen molar-refractivity contribution >= 4 is 46.0 Å². The van der Waals surface area contributed by atoms with E-state index >= 15 is 0 Å². The van der Waals surface area contributed by atoms with Crippen molar-refractivity contribution in [1.82, 2.24) is 10.2 Å². The Kier molecular flexibility index (Phi) is 5.40. The van der Waals surface area contributed by atoms with Gasteiger partial charge in [-0.25, -0.2) is 0 Å². The van der Waals surface area contributed by atoms with Crippen LogP contribution in [0.25, 0.3) is 0 Å². The highest BCUT2D eigenvalue weighted by Crippen LogP contribution is 2.18. The number of benzene rings is 1. The maximum atomic E-state index is 12.0. The minimum atomic E-state index is -0.557. The molecule has 0 radical (unpaired) electrons. The fraction of sp³-hybridized carbons (Fsp3) is 0.333. The van der Waals surface area contributed by atoms with E-state index in [1.807, 2.05) is 22.6 Å². The van der Waals surface area contributed by atoms with Crippen molar-refractivity contribution < 1.29 is 9.59 Å². The number of amides is 2. The number of halogens is 2. The maximum absolute atomic E-state index is 12.0. The minimum absolute atomic E-state index is 0.146. The molecule has 1 aromatic rings. The van der Waals surface area contributed by atoms with Crippen LogP contribution in [0.15, 0.2) is 18.2 Å². The Morgan fingerprint density at radius 1 is 1.39 bits per heavy atom. The van der Waals surface area contributed by atoms with Crippen LogP contribution in [0.1, 0.15) is 17.3 Å². The van der Waals surface area contributed by atoms with Crippen molar-refractivity contribution in [3.05, 3.63) is 32.4 Å². The zero-order chi connectivity index (χ0) is 13.9. The summed E-state index contributed by atoms with van der Waals surface area (Å²) in [4.78, 5) is 25.1. The molecule has 1 aromatic carbocycles. The molecular formula is C12H14ClIN2O2. The summed E-state index contributed by atoms with van der Waals surface area (Å²) in [7, 11) is 3.30. The van der Waals surface area contributed by atoms with Gasteiger partial charge in [-0.3, -0.25) is 9.59 Å². The molecule has 98 valence electrons. The highest BCUT2D eigenvalue weighted by molar-refractivity contribution is 14.1. The van der Waals surface area contributed by atoms with Gasteiger partial charge in [0.2, 0.25) is 5.91 Å². The van der Waals surface area contributed by atoms with Gasteiger partial charge in [-0.2, -0.15) is 0 Å². The van der Waals surface area contributed by atoms with E-state index < -0.39 is 6.04 Å². The number of carbonyl (C=O) groups excluding carboxylic acids is 2. The van der Waals surface area contributed by atoms with Gasteiger partial charge < -0.3 is 10.2 Å². The molecule has 18 heavy (non-hydrogen) atoms. The largest absolute Gasteiger partial charge is 0.347 e. The van der Waals surface area contributed by atoms with Gasteiger partial charge in [0.05, 0.1) is 5.56 Å². The van der Waals surface area contributed by atoms with Gasteiger partial charge >= 0.3 is 0 Å². The van der Waals surface area contributed by atoms with Gasteiger partial charge in [-0.15, -0.1) is 0 Å². The second-order valence-corrected chi connectivity index (χ2v) is 5.65. The molecule has 0 spiro atoms. The average molecular weight is 381 g/mol. The van der Waals surface area contributed by atoms with Gasteiger partial charge in [-0.05, 0) is 47.7 Å². The van der Waals surface area contributed by atoms with Crippen molar-refractivity contribution in [2.24, 2.45) is 0 Å². The molecule has 1 atom stereocenters. The van der Waals surface area contributed by atoms with Gasteiger partial charge in [0.1, 0.15) is 6.04 Å². The van der Waals surface area contributed by atoms with Crippen LogP contribution in [0.4, 0.5) is 0 Å². The standard InChI is InChI=1S/C12H14ClIN2O2/c1-7(12(18)16(2)3)15-11(17)9-5-4-8(13)6-10(9)14/h4-7H,1-3H3,(H,15,17). The van der Waals surface area contributed by atoms with E-state index in [-0.39, 0.29) is 11.8 Å². The van der Waals surface area contributed by atoms with Crippen LogP contribution in [0.3, 0.4) is 0 Å². The Labute approximate surface area is 125 Å². The monoisotopic (exact) mass is 380 g/mol. The maximum Gasteiger partial charge on any atom is 0.252 e. The van der Waals surface area contributed by atoms with Crippen molar-refractivity contribution in [3.8, 4) is 0 Å². The van der Waals surface area contributed by atoms with Crippen LogP contribution >= 0.6 is 34.2 Å². The topological polar surface area (TPSA) is 49.4 Å². The van der Waals surface area contributed by atoms with Crippen molar-refractivity contribution in [3.63, 3.8) is 0 Å². The summed E-state index contributed by atoms with van der Waals surface area (Å²) in [6, 6.07) is 4.44. The Morgan fingerprint density at radius 3 is 2.50 bits per heavy atom. The molecule has 0 aliphatic carbocycles. The van der Waals surface area contributed by atoms with Gasteiger partial charge in [-0.1, -0.05) is 11.6 Å². The summed E-state index contributed by atoms with van der Waals surface area (Å²) in [5.74, 6) is -0.425. The first-order chi connectivity index (χ1) is 8.32. The van der Waals surface area contributed by atoms with E-state index in [1.54, 1.807) is 39.2 Å². The zero-order valence-corrected chi connectivity index (χ0v) is 13.2. The fourth-order valence-corrected chi connectivity index (χ4v) is 2.51. The van der Waals surface area contributed by atoms with Gasteiger partial charge in [0.25, 0.3) is 5.91 Å². The Morgan fingerprint density at radius 2 is 2.00 bits per heavy atom. The average Bonchev–Trinajstić information content (AvgIpc) is 2.27. The first kappa shape index (κ1) is 15.2. The summed E-state index contributed by atoms with van der Waals surface area (Å²) in [6.45, 7) is 1.66. The quantitative estimate of drug-likeness (QED) is 0.817. The number of nitrogens with one attached hydrogen (secondary N) is 1. The SMILES string of the molecule is CC(NC(=O)c1ccc(Cl)cc1I)C(=O)N(C)C. The molecule has 0 fully saturated rings. The van der Waals surface area contributed by atoms with E-state index in [1.165, 1.54) is 4.90 Å². The first-order valence-electron chi connectivity index (χ1n) is 5.30. The lowest BCUT2D eigenvalue weighted by atomic mass is 10.2. The fourth-order valence-electron chi connectivity index (χ4n) is 1.40. The third-order valence-corrected chi connectivity index (χ3v) is 3.46. The molecule has 0 aliphatic rings. The number of carbonyl (C=O) groups is 2. The third-order valence-electron chi connectivity index (χ3n) is 2.33. The van der Waals surface area contributed by atoms with E-state index in [0.717, 1.165) is 3.57 Å². The molecule has 0 saturated heterocycles. The summed E-state index contributed by atoms with van der Waals surface area (Å²) in [6.07, 6.45) is 0. The van der Waals surface area contributed by atoms with Crippen LogP contribution in [-0.4, -0.2) is 36.9 Å². The Bertz CT molecular complexity index is 477. The van der Waals surface area contributed by atoms with Crippen LogP contribution < -0.4 is 5.32 Å². The molecule has 0 bridgehead atoms. The molecule has 1 unspecified atom stereocenters. The smallest absolute Gasteiger partial charge is 0.252 e. The van der Waals surface area contributed by atoms with E-state index in [0.29, 0.717) is 10.6 Å². The molecule has 4 nitrogen and oxygen atoms in total. The second-order valence-electron chi connectivity index (χ2n) is 4.05. The minimum Gasteiger partial charge on any atom is -0.347 e. The Balaban J connectivity index is 2.80. The molecule has 0 heterocycles. The van der Waals surface area contributed by atoms with Crippen molar-refractivity contribution in [2.75, 3.05) is 14.1 Å². The Hall–Kier alpha value is -0.820.